The van der Waals surface area contributed by atoms with Crippen LogP contribution >= 0.6 is 0 Å². The molecule has 0 radical (unpaired) electrons. The van der Waals surface area contributed by atoms with Gasteiger partial charge in [0.15, 0.2) is 0 Å². The molecule has 0 saturated heterocycles. The molecule has 8 aromatic carbocycles. The second kappa shape index (κ2) is 11.8. The maximum absolute atomic E-state index is 5.37. The van der Waals surface area contributed by atoms with Gasteiger partial charge in [-0.25, -0.2) is 9.97 Å². The van der Waals surface area contributed by atoms with E-state index in [9.17, 15) is 0 Å². The summed E-state index contributed by atoms with van der Waals surface area (Å²) in [4.78, 5) is 10.6. The SMILES string of the molecule is c1ccc(-c2nc3ccccc3nc2-c2cccc3c(-n4c5cc6c(cc5c5cc7ccccc7cc54)-c4ccccc4C64C5CC6CC(C5)CC4C6)cccc23)cc1. The second-order valence-corrected chi connectivity index (χ2v) is 18.1. The smallest absolute Gasteiger partial charge is 0.0979 e. The van der Waals surface area contributed by atoms with Gasteiger partial charge >= 0.3 is 0 Å². The van der Waals surface area contributed by atoms with Crippen molar-refractivity contribution in [1.82, 2.24) is 14.5 Å². The number of rotatable bonds is 3. The number of para-hydroxylation sites is 2. The fraction of sp³-hybridized carbons (Fsp3) is 0.179. The summed E-state index contributed by atoms with van der Waals surface area (Å²) in [5, 5.41) is 7.57. The van der Waals surface area contributed by atoms with E-state index in [4.69, 9.17) is 9.97 Å². The zero-order chi connectivity index (χ0) is 38.4. The first-order valence-electron chi connectivity index (χ1n) is 21.7. The molecule has 3 nitrogen and oxygen atoms in total. The van der Waals surface area contributed by atoms with Crippen molar-refractivity contribution in [3.05, 3.63) is 175 Å². The fourth-order valence-corrected chi connectivity index (χ4v) is 13.3. The lowest BCUT2D eigenvalue weighted by molar-refractivity contribution is -0.0399. The van der Waals surface area contributed by atoms with Crippen LogP contribution in [0.1, 0.15) is 43.2 Å². The Morgan fingerprint density at radius 3 is 1.83 bits per heavy atom. The Morgan fingerprint density at radius 1 is 0.424 bits per heavy atom. The Morgan fingerprint density at radius 2 is 1.03 bits per heavy atom. The first-order valence-corrected chi connectivity index (χ1v) is 21.7. The Balaban J connectivity index is 1.07. The van der Waals surface area contributed by atoms with Crippen molar-refractivity contribution in [1.29, 1.82) is 0 Å². The minimum absolute atomic E-state index is 0.0913. The molecule has 4 saturated carbocycles. The van der Waals surface area contributed by atoms with E-state index in [-0.39, 0.29) is 5.41 Å². The van der Waals surface area contributed by atoms with Crippen LogP contribution in [0.5, 0.6) is 0 Å². The second-order valence-electron chi connectivity index (χ2n) is 18.1. The van der Waals surface area contributed by atoms with E-state index in [1.165, 1.54) is 92.3 Å². The number of hydrogen-bond acceptors (Lipinski definition) is 2. The van der Waals surface area contributed by atoms with Crippen molar-refractivity contribution in [2.75, 3.05) is 0 Å². The zero-order valence-corrected chi connectivity index (χ0v) is 32.8. The largest absolute Gasteiger partial charge is 0.309 e. The third-order valence-electron chi connectivity index (χ3n) is 15.3. The fourth-order valence-electron chi connectivity index (χ4n) is 13.3. The van der Waals surface area contributed by atoms with Gasteiger partial charge in [0.2, 0.25) is 0 Å². The van der Waals surface area contributed by atoms with E-state index in [2.05, 4.69) is 162 Å². The van der Waals surface area contributed by atoms with Crippen molar-refractivity contribution in [2.45, 2.75) is 37.5 Å². The highest BCUT2D eigenvalue weighted by Gasteiger charge is 2.61. The topological polar surface area (TPSA) is 30.7 Å². The molecular weight excluding hydrogens is 715 g/mol. The molecule has 4 bridgehead atoms. The van der Waals surface area contributed by atoms with Gasteiger partial charge in [-0.05, 0) is 137 Å². The van der Waals surface area contributed by atoms with Gasteiger partial charge in [0.25, 0.3) is 0 Å². The van der Waals surface area contributed by atoms with Gasteiger partial charge in [-0.3, -0.25) is 0 Å². The predicted molar refractivity (Wildman–Crippen MR) is 243 cm³/mol. The van der Waals surface area contributed by atoms with Gasteiger partial charge in [0, 0.05) is 32.7 Å². The van der Waals surface area contributed by atoms with E-state index in [0.717, 1.165) is 45.4 Å². The van der Waals surface area contributed by atoms with Crippen molar-refractivity contribution in [3.8, 4) is 39.3 Å². The summed E-state index contributed by atoms with van der Waals surface area (Å²) in [5.41, 5.74) is 15.8. The Hall–Kier alpha value is -6.58. The number of nitrogens with zero attached hydrogens (tertiary/aromatic N) is 3. The van der Waals surface area contributed by atoms with Gasteiger partial charge in [0.1, 0.15) is 0 Å². The number of fused-ring (bicyclic) bond motifs is 9. The lowest BCUT2D eigenvalue weighted by Crippen LogP contribution is -2.55. The minimum atomic E-state index is 0.0913. The van der Waals surface area contributed by atoms with Gasteiger partial charge in [-0.1, -0.05) is 121 Å². The maximum atomic E-state index is 5.37. The highest BCUT2D eigenvalue weighted by Crippen LogP contribution is 2.69. The molecule has 59 heavy (non-hydrogen) atoms. The molecule has 280 valence electrons. The van der Waals surface area contributed by atoms with Crippen molar-refractivity contribution < 1.29 is 0 Å². The number of hydrogen-bond donors (Lipinski definition) is 0. The molecule has 1 spiro atoms. The molecular formula is C56H41N3. The van der Waals surface area contributed by atoms with Crippen LogP contribution in [-0.2, 0) is 5.41 Å². The van der Waals surface area contributed by atoms with Crippen molar-refractivity contribution in [2.24, 2.45) is 23.7 Å². The third-order valence-corrected chi connectivity index (χ3v) is 15.3. The summed E-state index contributed by atoms with van der Waals surface area (Å²) in [6, 6.07) is 61.0. The first-order chi connectivity index (χ1) is 29.2. The molecule has 2 aromatic heterocycles. The number of aromatic nitrogens is 3. The molecule has 4 fully saturated rings. The van der Waals surface area contributed by atoms with E-state index in [1.54, 1.807) is 11.1 Å². The lowest BCUT2D eigenvalue weighted by Gasteiger charge is -2.61. The molecule has 10 aromatic rings. The van der Waals surface area contributed by atoms with E-state index in [1.807, 2.05) is 6.07 Å². The van der Waals surface area contributed by atoms with E-state index < -0.39 is 0 Å². The minimum Gasteiger partial charge on any atom is -0.309 e. The van der Waals surface area contributed by atoms with Crippen LogP contribution in [0, 0.1) is 23.7 Å². The third kappa shape index (κ3) is 4.32. The average molecular weight is 756 g/mol. The highest BCUT2D eigenvalue weighted by atomic mass is 15.0. The summed E-state index contributed by atoms with van der Waals surface area (Å²) in [5.74, 6) is 3.23. The first kappa shape index (κ1) is 32.4. The molecule has 5 aliphatic carbocycles. The van der Waals surface area contributed by atoms with Gasteiger partial charge in [-0.15, -0.1) is 0 Å². The average Bonchev–Trinajstić information content (AvgIpc) is 3.74. The Bertz CT molecular complexity index is 3380. The molecule has 5 aliphatic rings. The van der Waals surface area contributed by atoms with Crippen LogP contribution in [0.15, 0.2) is 164 Å². The molecule has 15 rings (SSSR count). The van der Waals surface area contributed by atoms with Crippen molar-refractivity contribution >= 4 is 54.4 Å². The standard InChI is InChI=1S/C56H41N3/c1-2-12-35(13-3-1)54-55(58-50-22-9-8-21-49(50)57-54)43-19-10-18-42-40(43)17-11-23-51(42)59-52-30-37-15-5-4-14-36(37)29-45(52)46-31-44-41-16-6-7-20-47(41)56(48(44)32-53(46)59)38-25-33-24-34(27-38)28-39(56)26-33/h1-23,29-34,38-39H,24-28H2. The number of benzene rings is 8. The van der Waals surface area contributed by atoms with Crippen LogP contribution < -0.4 is 0 Å². The normalized spacial score (nSPS) is 22.6. The summed E-state index contributed by atoms with van der Waals surface area (Å²) in [6.45, 7) is 0. The van der Waals surface area contributed by atoms with Crippen LogP contribution in [0.4, 0.5) is 0 Å². The quantitative estimate of drug-likeness (QED) is 0.180. The molecule has 3 heteroatoms. The highest BCUT2D eigenvalue weighted by molar-refractivity contribution is 6.16. The van der Waals surface area contributed by atoms with Crippen molar-refractivity contribution in [3.63, 3.8) is 0 Å². The maximum Gasteiger partial charge on any atom is 0.0979 e. The van der Waals surface area contributed by atoms with Crippen LogP contribution in [0.3, 0.4) is 0 Å². The van der Waals surface area contributed by atoms with Crippen LogP contribution in [0.25, 0.3) is 93.7 Å². The molecule has 0 amide bonds. The van der Waals surface area contributed by atoms with Gasteiger partial charge in [0.05, 0.1) is 39.1 Å². The zero-order valence-electron chi connectivity index (χ0n) is 32.8. The summed E-state index contributed by atoms with van der Waals surface area (Å²) >= 11 is 0. The van der Waals surface area contributed by atoms with Gasteiger partial charge in [-0.2, -0.15) is 0 Å². The van der Waals surface area contributed by atoms with Crippen LogP contribution in [0.2, 0.25) is 0 Å². The predicted octanol–water partition coefficient (Wildman–Crippen LogP) is 14.1. The molecule has 2 heterocycles. The monoisotopic (exact) mass is 755 g/mol. The van der Waals surface area contributed by atoms with E-state index in [0.29, 0.717) is 11.8 Å². The Labute approximate surface area is 343 Å². The molecule has 0 atom stereocenters. The molecule has 0 N–H and O–H groups in total. The lowest BCUT2D eigenvalue weighted by atomic mass is 9.43. The Kier molecular flexibility index (Phi) is 6.46. The molecule has 0 aliphatic heterocycles. The summed E-state index contributed by atoms with van der Waals surface area (Å²) < 4.78 is 2.61. The summed E-state index contributed by atoms with van der Waals surface area (Å²) in [6.07, 6.45) is 6.97. The van der Waals surface area contributed by atoms with Gasteiger partial charge < -0.3 is 4.57 Å². The summed E-state index contributed by atoms with van der Waals surface area (Å²) in [7, 11) is 0. The van der Waals surface area contributed by atoms with E-state index >= 15 is 0 Å². The van der Waals surface area contributed by atoms with Crippen LogP contribution in [-0.4, -0.2) is 14.5 Å². The molecule has 0 unspecified atom stereocenters.